The zero-order valence-electron chi connectivity index (χ0n) is 14.9. The van der Waals surface area contributed by atoms with Gasteiger partial charge in [-0.15, -0.1) is 0 Å². The number of nitrogens with two attached hydrogens (primary N) is 2. The van der Waals surface area contributed by atoms with E-state index >= 15 is 0 Å². The van der Waals surface area contributed by atoms with Crippen molar-refractivity contribution >= 4 is 11.4 Å². The molecule has 4 N–H and O–H groups in total. The first-order chi connectivity index (χ1) is 11.7. The Morgan fingerprint density at radius 2 is 1.38 bits per heavy atom. The highest BCUT2D eigenvalue weighted by Gasteiger charge is 2.44. The smallest absolute Gasteiger partial charge is 0.0583 e. The normalized spacial score (nSPS) is 32.4. The summed E-state index contributed by atoms with van der Waals surface area (Å²) < 4.78 is 0. The predicted molar refractivity (Wildman–Crippen MR) is 102 cm³/mol. The first-order valence-electron chi connectivity index (χ1n) is 10.2. The minimum absolute atomic E-state index is 0.607. The number of para-hydroxylation sites is 1. The van der Waals surface area contributed by atoms with Crippen molar-refractivity contribution in [2.75, 3.05) is 11.5 Å². The van der Waals surface area contributed by atoms with Crippen molar-refractivity contribution in [1.29, 1.82) is 0 Å². The topological polar surface area (TPSA) is 55.3 Å². The molecule has 3 nitrogen and oxygen atoms in total. The van der Waals surface area contributed by atoms with Gasteiger partial charge < -0.3 is 11.5 Å². The summed E-state index contributed by atoms with van der Waals surface area (Å²) in [5.74, 6) is 0.607. The lowest BCUT2D eigenvalue weighted by atomic mass is 9.82. The molecule has 3 aliphatic rings. The zero-order chi connectivity index (χ0) is 16.5. The maximum Gasteiger partial charge on any atom is 0.0583 e. The summed E-state index contributed by atoms with van der Waals surface area (Å²) in [6.07, 6.45) is 15.4. The predicted octanol–water partition coefficient (Wildman–Crippen LogP) is 4.67. The van der Waals surface area contributed by atoms with Gasteiger partial charge in [0.05, 0.1) is 11.4 Å². The Morgan fingerprint density at radius 1 is 0.750 bits per heavy atom. The van der Waals surface area contributed by atoms with E-state index in [1.807, 2.05) is 6.07 Å². The van der Waals surface area contributed by atoms with Crippen LogP contribution in [0.4, 0.5) is 11.4 Å². The van der Waals surface area contributed by atoms with Gasteiger partial charge in [-0.1, -0.05) is 44.2 Å². The molecule has 0 spiro atoms. The number of nitrogens with zero attached hydrogens (tertiary/aromatic N) is 1. The second kappa shape index (κ2) is 6.95. The summed E-state index contributed by atoms with van der Waals surface area (Å²) >= 11 is 0. The molecule has 3 fully saturated rings. The van der Waals surface area contributed by atoms with Gasteiger partial charge in [0.15, 0.2) is 0 Å². The van der Waals surface area contributed by atoms with Crippen LogP contribution in [-0.2, 0) is 0 Å². The van der Waals surface area contributed by atoms with Crippen LogP contribution in [0.2, 0.25) is 0 Å². The van der Waals surface area contributed by atoms with Gasteiger partial charge in [-0.25, -0.2) is 0 Å². The summed E-state index contributed by atoms with van der Waals surface area (Å²) in [5.41, 5.74) is 15.3. The van der Waals surface area contributed by atoms with Gasteiger partial charge in [0.1, 0.15) is 0 Å². The first kappa shape index (κ1) is 16.3. The highest BCUT2D eigenvalue weighted by Crippen LogP contribution is 2.47. The fourth-order valence-corrected chi connectivity index (χ4v) is 5.75. The van der Waals surface area contributed by atoms with Crippen LogP contribution in [0.5, 0.6) is 0 Å². The van der Waals surface area contributed by atoms with Gasteiger partial charge in [0.2, 0.25) is 0 Å². The van der Waals surface area contributed by atoms with E-state index in [0.29, 0.717) is 5.92 Å². The maximum atomic E-state index is 6.30. The van der Waals surface area contributed by atoms with E-state index in [2.05, 4.69) is 17.0 Å². The largest absolute Gasteiger partial charge is 0.397 e. The monoisotopic (exact) mass is 327 g/mol. The number of hydrogen-bond acceptors (Lipinski definition) is 3. The Hall–Kier alpha value is -1.22. The summed E-state index contributed by atoms with van der Waals surface area (Å²) in [6.45, 7) is 0. The van der Waals surface area contributed by atoms with Crippen LogP contribution >= 0.6 is 0 Å². The number of hydrogen-bond donors (Lipinski definition) is 2. The van der Waals surface area contributed by atoms with Crippen LogP contribution in [-0.4, -0.2) is 23.0 Å². The third-order valence-electron chi connectivity index (χ3n) is 6.90. The molecule has 3 heteroatoms. The highest BCUT2D eigenvalue weighted by molar-refractivity contribution is 5.68. The second-order valence-corrected chi connectivity index (χ2v) is 8.35. The van der Waals surface area contributed by atoms with Crippen molar-refractivity contribution in [2.45, 2.75) is 94.7 Å². The van der Waals surface area contributed by atoms with Gasteiger partial charge in [0, 0.05) is 18.1 Å². The number of fused-ring (bicyclic) bond motifs is 2. The third kappa shape index (κ3) is 3.03. The molecular weight excluding hydrogens is 294 g/mol. The summed E-state index contributed by atoms with van der Waals surface area (Å²) in [6, 6.07) is 8.61. The molecule has 2 unspecified atom stereocenters. The SMILES string of the molecule is Nc1cccc(C2CC3CCC(C2)N3C2CCCCCCC2)c1N. The quantitative estimate of drug-likeness (QED) is 0.776. The molecule has 2 heterocycles. The summed E-state index contributed by atoms with van der Waals surface area (Å²) in [5, 5.41) is 0. The van der Waals surface area contributed by atoms with Crippen molar-refractivity contribution in [2.24, 2.45) is 0 Å². The average molecular weight is 328 g/mol. The van der Waals surface area contributed by atoms with E-state index in [4.69, 9.17) is 11.5 Å². The molecular formula is C21H33N3. The maximum absolute atomic E-state index is 6.30. The minimum atomic E-state index is 0.607. The minimum Gasteiger partial charge on any atom is -0.397 e. The Kier molecular flexibility index (Phi) is 4.71. The van der Waals surface area contributed by atoms with Gasteiger partial charge in [-0.3, -0.25) is 4.90 Å². The van der Waals surface area contributed by atoms with Gasteiger partial charge in [-0.2, -0.15) is 0 Å². The molecule has 1 saturated carbocycles. The van der Waals surface area contributed by atoms with Crippen molar-refractivity contribution in [3.05, 3.63) is 23.8 Å². The molecule has 2 aliphatic heterocycles. The van der Waals surface area contributed by atoms with Crippen molar-refractivity contribution in [3.8, 4) is 0 Å². The molecule has 1 aromatic rings. The van der Waals surface area contributed by atoms with E-state index in [1.165, 1.54) is 76.2 Å². The lowest BCUT2D eigenvalue weighted by molar-refractivity contribution is 0.0622. The lowest BCUT2D eigenvalue weighted by Crippen LogP contribution is -2.48. The molecule has 1 aromatic carbocycles. The third-order valence-corrected chi connectivity index (χ3v) is 6.90. The Balaban J connectivity index is 1.50. The van der Waals surface area contributed by atoms with Crippen molar-refractivity contribution < 1.29 is 0 Å². The van der Waals surface area contributed by atoms with Gasteiger partial charge in [0.25, 0.3) is 0 Å². The van der Waals surface area contributed by atoms with Crippen LogP contribution < -0.4 is 11.5 Å². The molecule has 4 rings (SSSR count). The molecule has 0 radical (unpaired) electrons. The molecule has 0 amide bonds. The van der Waals surface area contributed by atoms with E-state index in [-0.39, 0.29) is 0 Å². The number of anilines is 2. The Bertz CT molecular complexity index is 548. The second-order valence-electron chi connectivity index (χ2n) is 8.35. The molecule has 1 aliphatic carbocycles. The molecule has 0 aromatic heterocycles. The van der Waals surface area contributed by atoms with E-state index in [9.17, 15) is 0 Å². The van der Waals surface area contributed by atoms with E-state index in [0.717, 1.165) is 29.5 Å². The molecule has 2 saturated heterocycles. The lowest BCUT2D eigenvalue weighted by Gasteiger charge is -2.44. The Morgan fingerprint density at radius 3 is 2.04 bits per heavy atom. The van der Waals surface area contributed by atoms with Crippen LogP contribution in [0.3, 0.4) is 0 Å². The van der Waals surface area contributed by atoms with Gasteiger partial charge >= 0.3 is 0 Å². The number of piperidine rings is 1. The zero-order valence-corrected chi connectivity index (χ0v) is 14.9. The van der Waals surface area contributed by atoms with Crippen molar-refractivity contribution in [3.63, 3.8) is 0 Å². The first-order valence-corrected chi connectivity index (χ1v) is 10.2. The number of nitrogen functional groups attached to an aromatic ring is 2. The highest BCUT2D eigenvalue weighted by atomic mass is 15.2. The Labute approximate surface area is 146 Å². The van der Waals surface area contributed by atoms with E-state index in [1.54, 1.807) is 0 Å². The van der Waals surface area contributed by atoms with Crippen LogP contribution in [0, 0.1) is 0 Å². The number of rotatable bonds is 2. The van der Waals surface area contributed by atoms with Crippen LogP contribution in [0.1, 0.15) is 82.1 Å². The summed E-state index contributed by atoms with van der Waals surface area (Å²) in [7, 11) is 0. The van der Waals surface area contributed by atoms with Gasteiger partial charge in [-0.05, 0) is 56.1 Å². The van der Waals surface area contributed by atoms with Crippen LogP contribution in [0.25, 0.3) is 0 Å². The van der Waals surface area contributed by atoms with Crippen LogP contribution in [0.15, 0.2) is 18.2 Å². The molecule has 132 valence electrons. The molecule has 2 bridgehead atoms. The number of benzene rings is 1. The molecule has 2 atom stereocenters. The average Bonchev–Trinajstić information content (AvgIpc) is 2.80. The standard InChI is InChI=1S/C21H33N3/c22-20-10-6-9-19(21(20)23)15-13-17-11-12-18(14-15)24(17)16-7-4-2-1-3-5-8-16/h6,9-10,15-18H,1-5,7-8,11-14,22-23H2. The molecule has 24 heavy (non-hydrogen) atoms. The fraction of sp³-hybridized carbons (Fsp3) is 0.714. The van der Waals surface area contributed by atoms with E-state index < -0.39 is 0 Å². The fourth-order valence-electron chi connectivity index (χ4n) is 5.75. The summed E-state index contributed by atoms with van der Waals surface area (Å²) in [4.78, 5) is 2.95. The van der Waals surface area contributed by atoms with Crippen molar-refractivity contribution in [1.82, 2.24) is 4.90 Å².